The van der Waals surface area contributed by atoms with Gasteiger partial charge in [-0.05, 0) is 63.4 Å². The molecule has 1 N–H and O–H groups in total. The number of hydrogen-bond donors (Lipinski definition) is 1. The first kappa shape index (κ1) is 14.3. The smallest absolute Gasteiger partial charge is 0.129 e. The molecule has 1 aromatic carbocycles. The van der Waals surface area contributed by atoms with Crippen LogP contribution in [0.5, 0.6) is 0 Å². The van der Waals surface area contributed by atoms with Crippen LogP contribution in [0.15, 0.2) is 18.2 Å². The first-order valence-electron chi connectivity index (χ1n) is 7.61. The molecule has 3 rings (SSSR count). The Balaban J connectivity index is 1.48. The molecule has 0 spiro atoms. The molecular weight excluding hydrogens is 275 g/mol. The van der Waals surface area contributed by atoms with Crippen molar-refractivity contribution in [1.29, 1.82) is 0 Å². The molecular formula is C16H22ClFN2. The van der Waals surface area contributed by atoms with E-state index < -0.39 is 0 Å². The van der Waals surface area contributed by atoms with Crippen molar-refractivity contribution in [2.24, 2.45) is 5.92 Å². The molecule has 1 aromatic rings. The third-order valence-electron chi connectivity index (χ3n) is 4.42. The number of benzene rings is 1. The van der Waals surface area contributed by atoms with Crippen molar-refractivity contribution in [3.05, 3.63) is 34.6 Å². The van der Waals surface area contributed by atoms with Crippen LogP contribution in [0.1, 0.15) is 31.2 Å². The lowest BCUT2D eigenvalue weighted by molar-refractivity contribution is 0.188. The van der Waals surface area contributed by atoms with Crippen molar-refractivity contribution in [1.82, 2.24) is 10.2 Å². The molecule has 2 aliphatic rings. The van der Waals surface area contributed by atoms with E-state index in [9.17, 15) is 4.39 Å². The van der Waals surface area contributed by atoms with Crippen LogP contribution in [0.3, 0.4) is 0 Å². The lowest BCUT2D eigenvalue weighted by Gasteiger charge is -2.32. The van der Waals surface area contributed by atoms with Gasteiger partial charge in [-0.25, -0.2) is 4.39 Å². The van der Waals surface area contributed by atoms with Crippen LogP contribution in [-0.2, 0) is 6.54 Å². The van der Waals surface area contributed by atoms with E-state index in [1.807, 2.05) is 0 Å². The highest BCUT2D eigenvalue weighted by Gasteiger charge is 2.24. The molecule has 1 aliphatic heterocycles. The summed E-state index contributed by atoms with van der Waals surface area (Å²) in [5, 5.41) is 4.20. The maximum absolute atomic E-state index is 13.8. The Labute approximate surface area is 125 Å². The fraction of sp³-hybridized carbons (Fsp3) is 0.625. The molecule has 0 bridgehead atoms. The van der Waals surface area contributed by atoms with Crippen LogP contribution in [0.2, 0.25) is 5.02 Å². The average molecular weight is 297 g/mol. The number of nitrogens with one attached hydrogen (secondary N) is 1. The predicted octanol–water partition coefficient (Wildman–Crippen LogP) is 3.44. The number of piperidine rings is 1. The van der Waals surface area contributed by atoms with Crippen molar-refractivity contribution in [2.75, 3.05) is 19.6 Å². The van der Waals surface area contributed by atoms with E-state index >= 15 is 0 Å². The molecule has 1 heterocycles. The lowest BCUT2D eigenvalue weighted by atomic mass is 10.0. The molecule has 110 valence electrons. The molecule has 20 heavy (non-hydrogen) atoms. The second kappa shape index (κ2) is 6.42. The highest BCUT2D eigenvalue weighted by atomic mass is 35.5. The average Bonchev–Trinajstić information content (AvgIpc) is 3.26. The van der Waals surface area contributed by atoms with Crippen LogP contribution in [-0.4, -0.2) is 30.6 Å². The summed E-state index contributed by atoms with van der Waals surface area (Å²) in [5.41, 5.74) is 0.638. The van der Waals surface area contributed by atoms with E-state index in [4.69, 9.17) is 11.6 Å². The fourth-order valence-corrected chi connectivity index (χ4v) is 3.08. The summed E-state index contributed by atoms with van der Waals surface area (Å²) < 4.78 is 13.8. The molecule has 1 saturated heterocycles. The van der Waals surface area contributed by atoms with Crippen LogP contribution in [0.25, 0.3) is 0 Å². The minimum atomic E-state index is -0.188. The van der Waals surface area contributed by atoms with Crippen LogP contribution < -0.4 is 5.32 Å². The lowest BCUT2D eigenvalue weighted by Crippen LogP contribution is -2.42. The van der Waals surface area contributed by atoms with Gasteiger partial charge in [0.2, 0.25) is 0 Å². The van der Waals surface area contributed by atoms with E-state index in [1.165, 1.54) is 25.5 Å². The van der Waals surface area contributed by atoms with E-state index in [-0.39, 0.29) is 5.82 Å². The Morgan fingerprint density at radius 3 is 2.60 bits per heavy atom. The number of rotatable bonds is 5. The van der Waals surface area contributed by atoms with Crippen LogP contribution in [0.4, 0.5) is 4.39 Å². The van der Waals surface area contributed by atoms with Gasteiger partial charge in [0.25, 0.3) is 0 Å². The summed E-state index contributed by atoms with van der Waals surface area (Å²) >= 11 is 6.09. The highest BCUT2D eigenvalue weighted by molar-refractivity contribution is 6.31. The zero-order chi connectivity index (χ0) is 13.9. The van der Waals surface area contributed by atoms with Crippen molar-refractivity contribution in [3.8, 4) is 0 Å². The second-order valence-corrected chi connectivity index (χ2v) is 6.51. The first-order valence-corrected chi connectivity index (χ1v) is 7.99. The fourth-order valence-electron chi connectivity index (χ4n) is 2.86. The van der Waals surface area contributed by atoms with Gasteiger partial charge >= 0.3 is 0 Å². The van der Waals surface area contributed by atoms with Gasteiger partial charge in [0.05, 0.1) is 0 Å². The molecule has 0 amide bonds. The van der Waals surface area contributed by atoms with Crippen molar-refractivity contribution in [2.45, 2.75) is 38.3 Å². The summed E-state index contributed by atoms with van der Waals surface area (Å²) in [6.07, 6.45) is 5.10. The second-order valence-electron chi connectivity index (χ2n) is 6.10. The molecule has 1 saturated carbocycles. The Morgan fingerprint density at radius 2 is 1.95 bits per heavy atom. The molecule has 0 atom stereocenters. The molecule has 4 heteroatoms. The van der Waals surface area contributed by atoms with Crippen molar-refractivity contribution >= 4 is 11.6 Å². The van der Waals surface area contributed by atoms with Gasteiger partial charge in [-0.2, -0.15) is 0 Å². The zero-order valence-electron chi connectivity index (χ0n) is 11.7. The molecule has 2 nitrogen and oxygen atoms in total. The first-order chi connectivity index (χ1) is 9.72. The standard InChI is InChI=1S/C16H22ClFN2/c17-15-2-1-3-16(18)14(15)11-20-8-6-13(7-9-20)19-10-12-4-5-12/h1-3,12-13,19H,4-11H2. The van der Waals surface area contributed by atoms with Gasteiger partial charge in [-0.1, -0.05) is 17.7 Å². The molecule has 0 unspecified atom stereocenters. The monoisotopic (exact) mass is 296 g/mol. The number of likely N-dealkylation sites (tertiary alicyclic amines) is 1. The summed E-state index contributed by atoms with van der Waals surface area (Å²) in [5.74, 6) is 0.747. The topological polar surface area (TPSA) is 15.3 Å². The number of hydrogen-bond acceptors (Lipinski definition) is 2. The SMILES string of the molecule is Fc1cccc(Cl)c1CN1CCC(NCC2CC2)CC1. The van der Waals surface area contributed by atoms with Gasteiger partial charge < -0.3 is 5.32 Å². The maximum Gasteiger partial charge on any atom is 0.129 e. The quantitative estimate of drug-likeness (QED) is 0.895. The van der Waals surface area contributed by atoms with Gasteiger partial charge in [0.1, 0.15) is 5.82 Å². The summed E-state index contributed by atoms with van der Waals surface area (Å²) in [6, 6.07) is 5.56. The van der Waals surface area contributed by atoms with Crippen molar-refractivity contribution < 1.29 is 4.39 Å². The molecule has 2 fully saturated rings. The normalized spacial score (nSPS) is 21.3. The number of nitrogens with zero attached hydrogens (tertiary/aromatic N) is 1. The third-order valence-corrected chi connectivity index (χ3v) is 4.78. The summed E-state index contributed by atoms with van der Waals surface area (Å²) in [6.45, 7) is 3.85. The Bertz CT molecular complexity index is 434. The highest BCUT2D eigenvalue weighted by Crippen LogP contribution is 2.28. The minimum absolute atomic E-state index is 0.188. The molecule has 0 aromatic heterocycles. The molecule has 1 aliphatic carbocycles. The van der Waals surface area contributed by atoms with E-state index in [0.717, 1.165) is 31.8 Å². The van der Waals surface area contributed by atoms with Gasteiger partial charge in [-0.15, -0.1) is 0 Å². The molecule has 0 radical (unpaired) electrons. The Morgan fingerprint density at radius 1 is 1.20 bits per heavy atom. The summed E-state index contributed by atoms with van der Waals surface area (Å²) in [7, 11) is 0. The van der Waals surface area contributed by atoms with E-state index in [0.29, 0.717) is 23.2 Å². The van der Waals surface area contributed by atoms with E-state index in [1.54, 1.807) is 12.1 Å². The van der Waals surface area contributed by atoms with Gasteiger partial charge in [0.15, 0.2) is 0 Å². The summed E-state index contributed by atoms with van der Waals surface area (Å²) in [4.78, 5) is 2.31. The number of halogens is 2. The Kier molecular flexibility index (Phi) is 4.59. The van der Waals surface area contributed by atoms with Gasteiger partial charge in [0, 0.05) is 23.2 Å². The van der Waals surface area contributed by atoms with E-state index in [2.05, 4.69) is 10.2 Å². The Hall–Kier alpha value is -0.640. The zero-order valence-corrected chi connectivity index (χ0v) is 12.5. The maximum atomic E-state index is 13.8. The van der Waals surface area contributed by atoms with Crippen LogP contribution in [0, 0.1) is 11.7 Å². The predicted molar refractivity (Wildman–Crippen MR) is 80.4 cm³/mol. The van der Waals surface area contributed by atoms with Crippen LogP contribution >= 0.6 is 11.6 Å². The van der Waals surface area contributed by atoms with Crippen molar-refractivity contribution in [3.63, 3.8) is 0 Å². The minimum Gasteiger partial charge on any atom is -0.314 e. The van der Waals surface area contributed by atoms with Gasteiger partial charge in [-0.3, -0.25) is 4.90 Å². The largest absolute Gasteiger partial charge is 0.314 e. The third kappa shape index (κ3) is 3.72.